The van der Waals surface area contributed by atoms with Gasteiger partial charge in [0, 0.05) is 44.0 Å². The van der Waals surface area contributed by atoms with Crippen molar-refractivity contribution in [3.63, 3.8) is 0 Å². The predicted molar refractivity (Wildman–Crippen MR) is 131 cm³/mol. The third-order valence-electron chi connectivity index (χ3n) is 4.88. The zero-order valence-corrected chi connectivity index (χ0v) is 19.8. The number of aromatic hydroxyl groups is 1. The van der Waals surface area contributed by atoms with Gasteiger partial charge in [0.25, 0.3) is 5.56 Å². The number of nitrogens with zero attached hydrogens (tertiary/aromatic N) is 2. The molecule has 31 heavy (non-hydrogen) atoms. The first-order valence-electron chi connectivity index (χ1n) is 9.84. The van der Waals surface area contributed by atoms with Crippen molar-refractivity contribution < 1.29 is 5.11 Å². The topological polar surface area (TPSA) is 78.3 Å². The van der Waals surface area contributed by atoms with Gasteiger partial charge in [0.2, 0.25) is 5.13 Å². The summed E-state index contributed by atoms with van der Waals surface area (Å²) in [5, 5.41) is 11.6. The van der Waals surface area contributed by atoms with Crippen LogP contribution < -0.4 is 5.56 Å². The van der Waals surface area contributed by atoms with Crippen molar-refractivity contribution in [3.05, 3.63) is 85.1 Å². The third kappa shape index (κ3) is 4.78. The highest BCUT2D eigenvalue weighted by Gasteiger charge is 2.24. The second-order valence-electron chi connectivity index (χ2n) is 8.37. The van der Waals surface area contributed by atoms with Crippen LogP contribution in [-0.4, -0.2) is 21.3 Å². The van der Waals surface area contributed by atoms with Crippen molar-refractivity contribution in [1.29, 1.82) is 0 Å². The Kier molecular flexibility index (Phi) is 5.81. The second-order valence-corrected chi connectivity index (χ2v) is 10.3. The summed E-state index contributed by atoms with van der Waals surface area (Å²) in [4.78, 5) is 25.9. The molecule has 0 spiro atoms. The zero-order valence-electron chi connectivity index (χ0n) is 17.4. The lowest BCUT2D eigenvalue weighted by atomic mass is 9.90. The summed E-state index contributed by atoms with van der Waals surface area (Å²) >= 11 is 4.88. The van der Waals surface area contributed by atoms with Crippen LogP contribution in [0, 0.1) is 0 Å². The molecule has 0 saturated heterocycles. The molecule has 0 bridgehead atoms. The van der Waals surface area contributed by atoms with Gasteiger partial charge in [0.1, 0.15) is 5.75 Å². The fourth-order valence-electron chi connectivity index (χ4n) is 3.35. The molecule has 158 valence electrons. The molecular weight excluding hydrogens is 474 g/mol. The number of pyridine rings is 1. The van der Waals surface area contributed by atoms with Crippen LogP contribution in [0.4, 0.5) is 5.13 Å². The van der Waals surface area contributed by atoms with E-state index in [9.17, 15) is 9.90 Å². The number of rotatable bonds is 4. The molecule has 2 N–H and O–H groups in total. The molecule has 0 amide bonds. The van der Waals surface area contributed by atoms with Gasteiger partial charge in [-0.1, -0.05) is 66.2 Å². The SMILES string of the molecule is CC(C)(C)c1nc(/N=C/c2cc(Br)ccc2O)sc1Cc1cc2ccccc2[nH]c1=O. The Morgan fingerprint density at radius 2 is 1.97 bits per heavy atom. The molecule has 0 aliphatic heterocycles. The molecule has 0 aliphatic rings. The number of H-pyrrole nitrogens is 1. The summed E-state index contributed by atoms with van der Waals surface area (Å²) in [6.07, 6.45) is 2.10. The molecule has 7 heteroatoms. The number of benzene rings is 2. The number of hydrogen-bond donors (Lipinski definition) is 2. The van der Waals surface area contributed by atoms with Gasteiger partial charge in [-0.25, -0.2) is 9.98 Å². The number of fused-ring (bicyclic) bond motifs is 1. The van der Waals surface area contributed by atoms with Crippen LogP contribution in [0.25, 0.3) is 10.9 Å². The lowest BCUT2D eigenvalue weighted by Crippen LogP contribution is -2.17. The Morgan fingerprint density at radius 3 is 2.74 bits per heavy atom. The average molecular weight is 496 g/mol. The number of phenolic OH excluding ortho intramolecular Hbond substituents is 1. The number of aliphatic imine (C=N–C) groups is 1. The van der Waals surface area contributed by atoms with Gasteiger partial charge in [0.15, 0.2) is 0 Å². The quantitative estimate of drug-likeness (QED) is 0.336. The summed E-state index contributed by atoms with van der Waals surface area (Å²) in [5.41, 5.74) is 2.78. The van der Waals surface area contributed by atoms with E-state index >= 15 is 0 Å². The molecule has 0 radical (unpaired) electrons. The molecule has 5 nitrogen and oxygen atoms in total. The van der Waals surface area contributed by atoms with Gasteiger partial charge in [-0.3, -0.25) is 4.79 Å². The number of aromatic nitrogens is 2. The number of thiazole rings is 1. The Morgan fingerprint density at radius 1 is 1.19 bits per heavy atom. The molecule has 0 saturated carbocycles. The highest BCUT2D eigenvalue weighted by atomic mass is 79.9. The summed E-state index contributed by atoms with van der Waals surface area (Å²) in [7, 11) is 0. The van der Waals surface area contributed by atoms with Gasteiger partial charge < -0.3 is 10.1 Å². The number of nitrogens with one attached hydrogen (secondary N) is 1. The molecule has 4 aromatic rings. The fraction of sp³-hybridized carbons (Fsp3) is 0.208. The van der Waals surface area contributed by atoms with Crippen molar-refractivity contribution in [3.8, 4) is 5.75 Å². The Hall–Kier alpha value is -2.77. The van der Waals surface area contributed by atoms with Gasteiger partial charge in [-0.15, -0.1) is 0 Å². The molecule has 2 aromatic carbocycles. The van der Waals surface area contributed by atoms with Crippen LogP contribution in [0.2, 0.25) is 0 Å². The average Bonchev–Trinajstić information content (AvgIpc) is 3.12. The second kappa shape index (κ2) is 8.40. The first kappa shape index (κ1) is 21.5. The predicted octanol–water partition coefficient (Wildman–Crippen LogP) is 6.09. The van der Waals surface area contributed by atoms with E-state index in [2.05, 4.69) is 46.7 Å². The Bertz CT molecular complexity index is 1350. The number of aromatic amines is 1. The fourth-order valence-corrected chi connectivity index (χ4v) is 4.87. The van der Waals surface area contributed by atoms with E-state index in [-0.39, 0.29) is 16.7 Å². The standard InChI is InChI=1S/C24H22BrN3O2S/c1-24(2,3)21-20(12-15-10-14-6-4-5-7-18(14)27-22(15)30)31-23(28-21)26-13-16-11-17(25)8-9-19(16)29/h4-11,13,29H,12H2,1-3H3,(H,27,30)/b26-13+. The summed E-state index contributed by atoms with van der Waals surface area (Å²) in [5.74, 6) is 0.155. The number of halogens is 1. The molecule has 2 heterocycles. The van der Waals surface area contributed by atoms with Crippen LogP contribution in [0.3, 0.4) is 0 Å². The van der Waals surface area contributed by atoms with Crippen LogP contribution >= 0.6 is 27.3 Å². The lowest BCUT2D eigenvalue weighted by molar-refractivity contribution is 0.474. The van der Waals surface area contributed by atoms with E-state index in [0.717, 1.165) is 25.9 Å². The Labute approximate surface area is 192 Å². The van der Waals surface area contributed by atoms with Crippen LogP contribution in [0.1, 0.15) is 42.5 Å². The van der Waals surface area contributed by atoms with Gasteiger partial charge in [-0.05, 0) is 35.7 Å². The zero-order chi connectivity index (χ0) is 22.2. The van der Waals surface area contributed by atoms with E-state index in [1.54, 1.807) is 24.4 Å². The van der Waals surface area contributed by atoms with Crippen LogP contribution in [0.5, 0.6) is 5.75 Å². The maximum atomic E-state index is 12.7. The van der Waals surface area contributed by atoms with Crippen molar-refractivity contribution in [2.45, 2.75) is 32.6 Å². The number of phenols is 1. The van der Waals surface area contributed by atoms with Crippen LogP contribution in [-0.2, 0) is 11.8 Å². The van der Waals surface area contributed by atoms with Gasteiger partial charge in [-0.2, -0.15) is 0 Å². The molecule has 0 aliphatic carbocycles. The minimum Gasteiger partial charge on any atom is -0.507 e. The van der Waals surface area contributed by atoms with E-state index in [1.165, 1.54) is 11.3 Å². The van der Waals surface area contributed by atoms with Crippen molar-refractivity contribution >= 4 is 49.5 Å². The summed E-state index contributed by atoms with van der Waals surface area (Å²) in [6.45, 7) is 6.30. The van der Waals surface area contributed by atoms with E-state index in [0.29, 0.717) is 22.7 Å². The largest absolute Gasteiger partial charge is 0.507 e. The van der Waals surface area contributed by atoms with Crippen LogP contribution in [0.15, 0.2) is 62.8 Å². The molecule has 2 aromatic heterocycles. The summed E-state index contributed by atoms with van der Waals surface area (Å²) < 4.78 is 0.859. The first-order valence-corrected chi connectivity index (χ1v) is 11.5. The summed E-state index contributed by atoms with van der Waals surface area (Å²) in [6, 6.07) is 14.9. The monoisotopic (exact) mass is 495 g/mol. The Balaban J connectivity index is 1.72. The maximum Gasteiger partial charge on any atom is 0.251 e. The molecular formula is C24H22BrN3O2S. The highest BCUT2D eigenvalue weighted by molar-refractivity contribution is 9.10. The number of hydrogen-bond acceptors (Lipinski definition) is 5. The third-order valence-corrected chi connectivity index (χ3v) is 6.34. The first-order chi connectivity index (χ1) is 14.7. The normalized spacial score (nSPS) is 12.1. The van der Waals surface area contributed by atoms with Crippen molar-refractivity contribution in [2.24, 2.45) is 4.99 Å². The van der Waals surface area contributed by atoms with Crippen molar-refractivity contribution in [1.82, 2.24) is 9.97 Å². The molecule has 0 atom stereocenters. The highest BCUT2D eigenvalue weighted by Crippen LogP contribution is 2.35. The van der Waals surface area contributed by atoms with E-state index in [1.807, 2.05) is 30.3 Å². The smallest absolute Gasteiger partial charge is 0.251 e. The van der Waals surface area contributed by atoms with Gasteiger partial charge in [0.05, 0.1) is 5.69 Å². The van der Waals surface area contributed by atoms with E-state index < -0.39 is 0 Å². The number of para-hydroxylation sites is 1. The van der Waals surface area contributed by atoms with Gasteiger partial charge >= 0.3 is 0 Å². The van der Waals surface area contributed by atoms with Crippen molar-refractivity contribution in [2.75, 3.05) is 0 Å². The maximum absolute atomic E-state index is 12.7. The molecule has 0 fully saturated rings. The lowest BCUT2D eigenvalue weighted by Gasteiger charge is -2.17. The van der Waals surface area contributed by atoms with E-state index in [4.69, 9.17) is 4.98 Å². The molecule has 4 rings (SSSR count). The minimum absolute atomic E-state index is 0.0870. The minimum atomic E-state index is -0.193. The molecule has 0 unspecified atom stereocenters.